The van der Waals surface area contributed by atoms with E-state index < -0.39 is 0 Å². The number of amides is 1. The lowest BCUT2D eigenvalue weighted by atomic mass is 10.5. The molecule has 0 atom stereocenters. The number of nitrogens with one attached hydrogen (secondary N) is 1. The number of rotatable bonds is 3. The van der Waals surface area contributed by atoms with E-state index in [4.69, 9.17) is 0 Å². The van der Waals surface area contributed by atoms with Crippen LogP contribution in [-0.4, -0.2) is 41.6 Å². The average Bonchev–Trinajstić information content (AvgIpc) is 2.37. The maximum atomic E-state index is 11.0. The molecule has 1 rings (SSSR count). The Morgan fingerprint density at radius 2 is 2.50 bits per heavy atom. The number of carbonyl (C=O) groups excluding carboxylic acids is 1. The third kappa shape index (κ3) is 2.67. The summed E-state index contributed by atoms with van der Waals surface area (Å²) in [6, 6.07) is 0. The standard InChI is InChI=1S/C6H10N4O2/c1-10(2)3-5(11)8-6-7-4-12-9-6/h4H,3H2,1-2H3,(H,8,9,11). The van der Waals surface area contributed by atoms with E-state index in [1.165, 1.54) is 0 Å². The van der Waals surface area contributed by atoms with Crippen molar-refractivity contribution in [1.82, 2.24) is 15.0 Å². The lowest BCUT2D eigenvalue weighted by Crippen LogP contribution is -2.27. The van der Waals surface area contributed by atoms with Crippen LogP contribution in [0, 0.1) is 0 Å². The van der Waals surface area contributed by atoms with E-state index in [-0.39, 0.29) is 11.9 Å². The van der Waals surface area contributed by atoms with E-state index in [2.05, 4.69) is 20.0 Å². The SMILES string of the molecule is CN(C)CC(=O)Nc1ncon1. The van der Waals surface area contributed by atoms with Gasteiger partial charge < -0.3 is 9.42 Å². The van der Waals surface area contributed by atoms with Crippen LogP contribution in [0.2, 0.25) is 0 Å². The Balaban J connectivity index is 2.37. The summed E-state index contributed by atoms with van der Waals surface area (Å²) in [6.07, 6.45) is 1.16. The number of anilines is 1. The van der Waals surface area contributed by atoms with Gasteiger partial charge in [0.1, 0.15) is 0 Å². The minimum atomic E-state index is -0.165. The van der Waals surface area contributed by atoms with Crippen molar-refractivity contribution in [3.8, 4) is 0 Å². The first kappa shape index (κ1) is 8.66. The third-order valence-corrected chi connectivity index (χ3v) is 1.07. The molecule has 0 fully saturated rings. The predicted molar refractivity (Wildman–Crippen MR) is 41.5 cm³/mol. The van der Waals surface area contributed by atoms with E-state index in [0.717, 1.165) is 6.39 Å². The van der Waals surface area contributed by atoms with Gasteiger partial charge in [-0.3, -0.25) is 10.1 Å². The van der Waals surface area contributed by atoms with Crippen LogP contribution in [-0.2, 0) is 4.79 Å². The van der Waals surface area contributed by atoms with Crippen LogP contribution in [0.25, 0.3) is 0 Å². The van der Waals surface area contributed by atoms with Gasteiger partial charge in [0.25, 0.3) is 5.95 Å². The largest absolute Gasteiger partial charge is 0.341 e. The van der Waals surface area contributed by atoms with Crippen molar-refractivity contribution in [1.29, 1.82) is 0 Å². The number of aromatic nitrogens is 2. The van der Waals surface area contributed by atoms with Crippen LogP contribution in [0.1, 0.15) is 0 Å². The fourth-order valence-electron chi connectivity index (χ4n) is 0.677. The summed E-state index contributed by atoms with van der Waals surface area (Å²) in [5.41, 5.74) is 0. The first-order valence-corrected chi connectivity index (χ1v) is 3.39. The molecule has 0 saturated carbocycles. The van der Waals surface area contributed by atoms with Gasteiger partial charge in [0.15, 0.2) is 0 Å². The molecule has 0 radical (unpaired) electrons. The van der Waals surface area contributed by atoms with Crippen LogP contribution >= 0.6 is 0 Å². The maximum absolute atomic E-state index is 11.0. The van der Waals surface area contributed by atoms with Crippen molar-refractivity contribution in [2.75, 3.05) is 26.0 Å². The van der Waals surface area contributed by atoms with Gasteiger partial charge in [-0.15, -0.1) is 0 Å². The van der Waals surface area contributed by atoms with Crippen LogP contribution in [0.4, 0.5) is 5.95 Å². The van der Waals surface area contributed by atoms with Crippen molar-refractivity contribution in [2.45, 2.75) is 0 Å². The van der Waals surface area contributed by atoms with Crippen molar-refractivity contribution in [3.05, 3.63) is 6.39 Å². The van der Waals surface area contributed by atoms with Gasteiger partial charge in [-0.1, -0.05) is 0 Å². The molecule has 1 N–H and O–H groups in total. The normalized spacial score (nSPS) is 10.2. The fourth-order valence-corrected chi connectivity index (χ4v) is 0.677. The molecule has 0 bridgehead atoms. The highest BCUT2D eigenvalue weighted by Gasteiger charge is 2.05. The van der Waals surface area contributed by atoms with Gasteiger partial charge in [0.05, 0.1) is 6.54 Å². The second-order valence-electron chi connectivity index (χ2n) is 2.54. The van der Waals surface area contributed by atoms with Gasteiger partial charge in [-0.2, -0.15) is 4.98 Å². The summed E-state index contributed by atoms with van der Waals surface area (Å²) in [5, 5.41) is 5.88. The Labute approximate surface area is 69.5 Å². The van der Waals surface area contributed by atoms with E-state index in [9.17, 15) is 4.79 Å². The molecular weight excluding hydrogens is 160 g/mol. The lowest BCUT2D eigenvalue weighted by molar-refractivity contribution is -0.116. The first-order valence-electron chi connectivity index (χ1n) is 3.39. The Morgan fingerprint density at radius 3 is 3.00 bits per heavy atom. The van der Waals surface area contributed by atoms with E-state index in [1.807, 2.05) is 0 Å². The molecule has 1 aromatic rings. The fraction of sp³-hybridized carbons (Fsp3) is 0.500. The zero-order valence-corrected chi connectivity index (χ0v) is 6.94. The molecule has 66 valence electrons. The van der Waals surface area contributed by atoms with Crippen LogP contribution in [0.3, 0.4) is 0 Å². The van der Waals surface area contributed by atoms with Crippen LogP contribution in [0.5, 0.6) is 0 Å². The van der Waals surface area contributed by atoms with Crippen molar-refractivity contribution in [3.63, 3.8) is 0 Å². The van der Waals surface area contributed by atoms with Crippen LogP contribution < -0.4 is 5.32 Å². The smallest absolute Gasteiger partial charge is 0.269 e. The molecule has 0 aliphatic rings. The second kappa shape index (κ2) is 3.82. The molecule has 0 unspecified atom stereocenters. The molecule has 0 aliphatic carbocycles. The molecular formula is C6H10N4O2. The van der Waals surface area contributed by atoms with Gasteiger partial charge in [-0.25, -0.2) is 0 Å². The number of likely N-dealkylation sites (N-methyl/N-ethyl adjacent to an activating group) is 1. The summed E-state index contributed by atoms with van der Waals surface area (Å²) in [5.74, 6) is 0.0308. The number of nitrogens with zero attached hydrogens (tertiary/aromatic N) is 3. The maximum Gasteiger partial charge on any atom is 0.269 e. The van der Waals surface area contributed by atoms with Crippen molar-refractivity contribution >= 4 is 11.9 Å². The Kier molecular flexibility index (Phi) is 2.76. The zero-order valence-electron chi connectivity index (χ0n) is 6.94. The molecule has 1 heterocycles. The highest BCUT2D eigenvalue weighted by atomic mass is 16.5. The van der Waals surface area contributed by atoms with E-state index in [1.54, 1.807) is 19.0 Å². The van der Waals surface area contributed by atoms with Gasteiger partial charge >= 0.3 is 0 Å². The molecule has 6 heteroatoms. The van der Waals surface area contributed by atoms with E-state index in [0.29, 0.717) is 6.54 Å². The lowest BCUT2D eigenvalue weighted by Gasteiger charge is -2.06. The number of hydrogen-bond donors (Lipinski definition) is 1. The van der Waals surface area contributed by atoms with Gasteiger partial charge in [0, 0.05) is 0 Å². The minimum absolute atomic E-state index is 0.165. The van der Waals surface area contributed by atoms with E-state index >= 15 is 0 Å². The highest BCUT2D eigenvalue weighted by molar-refractivity contribution is 5.90. The topological polar surface area (TPSA) is 71.3 Å². The Hall–Kier alpha value is -1.43. The third-order valence-electron chi connectivity index (χ3n) is 1.07. The Bertz CT molecular complexity index is 244. The quantitative estimate of drug-likeness (QED) is 0.666. The molecule has 12 heavy (non-hydrogen) atoms. The second-order valence-corrected chi connectivity index (χ2v) is 2.54. The molecule has 1 amide bonds. The highest BCUT2D eigenvalue weighted by Crippen LogP contribution is 1.94. The predicted octanol–water partition coefficient (Wildman–Crippen LogP) is -0.430. The Morgan fingerprint density at radius 1 is 1.75 bits per heavy atom. The molecule has 0 aromatic carbocycles. The number of carbonyl (C=O) groups is 1. The molecule has 0 saturated heterocycles. The minimum Gasteiger partial charge on any atom is -0.341 e. The number of hydrogen-bond acceptors (Lipinski definition) is 5. The molecule has 1 aromatic heterocycles. The molecule has 0 aliphatic heterocycles. The summed E-state index contributed by atoms with van der Waals surface area (Å²) >= 11 is 0. The summed E-state index contributed by atoms with van der Waals surface area (Å²) in [7, 11) is 3.60. The first-order chi connectivity index (χ1) is 5.68. The monoisotopic (exact) mass is 170 g/mol. The van der Waals surface area contributed by atoms with Crippen molar-refractivity contribution in [2.24, 2.45) is 0 Å². The van der Waals surface area contributed by atoms with Gasteiger partial charge in [0.2, 0.25) is 12.3 Å². The molecule has 0 spiro atoms. The molecule has 6 nitrogen and oxygen atoms in total. The summed E-state index contributed by atoms with van der Waals surface area (Å²) in [4.78, 5) is 16.4. The zero-order chi connectivity index (χ0) is 8.97. The summed E-state index contributed by atoms with van der Waals surface area (Å²) in [6.45, 7) is 0.300. The van der Waals surface area contributed by atoms with Crippen LogP contribution in [0.15, 0.2) is 10.9 Å². The van der Waals surface area contributed by atoms with Crippen molar-refractivity contribution < 1.29 is 9.32 Å². The van der Waals surface area contributed by atoms with Gasteiger partial charge in [-0.05, 0) is 19.3 Å². The summed E-state index contributed by atoms with van der Waals surface area (Å²) < 4.78 is 4.43. The average molecular weight is 170 g/mol.